The Labute approximate surface area is 155 Å². The fourth-order valence-corrected chi connectivity index (χ4v) is 4.91. The molecule has 0 saturated heterocycles. The number of amides is 1. The van der Waals surface area contributed by atoms with Gasteiger partial charge in [0.15, 0.2) is 0 Å². The van der Waals surface area contributed by atoms with Crippen molar-refractivity contribution in [3.05, 3.63) is 29.3 Å². The van der Waals surface area contributed by atoms with E-state index < -0.39 is 10.0 Å². The van der Waals surface area contributed by atoms with Crippen LogP contribution in [0.3, 0.4) is 0 Å². The molecule has 1 saturated carbocycles. The third-order valence-corrected chi connectivity index (χ3v) is 6.67. The Hall–Kier alpha value is -1.11. The Balaban J connectivity index is 1.79. The van der Waals surface area contributed by atoms with Crippen molar-refractivity contribution in [2.75, 3.05) is 6.54 Å². The summed E-state index contributed by atoms with van der Waals surface area (Å²) in [7, 11) is -3.70. The van der Waals surface area contributed by atoms with Crippen LogP contribution in [-0.4, -0.2) is 26.9 Å². The normalized spacial score (nSPS) is 20.6. The van der Waals surface area contributed by atoms with Crippen LogP contribution in [0.1, 0.15) is 51.9 Å². The lowest BCUT2D eigenvalue weighted by atomic mass is 9.97. The van der Waals surface area contributed by atoms with Crippen LogP contribution in [0.2, 0.25) is 5.02 Å². The first-order valence-corrected chi connectivity index (χ1v) is 10.8. The molecule has 0 bridgehead atoms. The van der Waals surface area contributed by atoms with Crippen LogP contribution < -0.4 is 10.0 Å². The van der Waals surface area contributed by atoms with Crippen LogP contribution in [0.4, 0.5) is 0 Å². The second-order valence-electron chi connectivity index (χ2n) is 6.59. The first kappa shape index (κ1) is 20.2. The van der Waals surface area contributed by atoms with Crippen molar-refractivity contribution in [3.63, 3.8) is 0 Å². The third-order valence-electron chi connectivity index (χ3n) is 4.70. The number of rotatable bonds is 9. The maximum absolute atomic E-state index is 12.2. The van der Waals surface area contributed by atoms with Gasteiger partial charge in [-0.2, -0.15) is 0 Å². The summed E-state index contributed by atoms with van der Waals surface area (Å²) in [5.41, 5.74) is 0. The van der Waals surface area contributed by atoms with Gasteiger partial charge < -0.3 is 5.32 Å². The second-order valence-corrected chi connectivity index (χ2v) is 8.73. The molecule has 5 nitrogen and oxygen atoms in total. The number of halogens is 1. The quantitative estimate of drug-likeness (QED) is 0.682. The Morgan fingerprint density at radius 3 is 2.76 bits per heavy atom. The molecule has 1 amide bonds. The van der Waals surface area contributed by atoms with Crippen molar-refractivity contribution < 1.29 is 13.2 Å². The number of unbranched alkanes of at least 4 members (excludes halogenated alkanes) is 1. The Morgan fingerprint density at radius 2 is 2.04 bits per heavy atom. The fourth-order valence-electron chi connectivity index (χ4n) is 3.36. The molecule has 0 heterocycles. The van der Waals surface area contributed by atoms with E-state index in [2.05, 4.69) is 17.0 Å². The zero-order chi connectivity index (χ0) is 18.3. The number of benzene rings is 1. The Kier molecular flexibility index (Phi) is 7.72. The van der Waals surface area contributed by atoms with E-state index in [1.54, 1.807) is 12.1 Å². The molecule has 2 atom stereocenters. The predicted molar refractivity (Wildman–Crippen MR) is 100 cm³/mol. The molecule has 7 heteroatoms. The van der Waals surface area contributed by atoms with Crippen molar-refractivity contribution in [1.82, 2.24) is 10.0 Å². The highest BCUT2D eigenvalue weighted by atomic mass is 35.5. The molecule has 0 aliphatic heterocycles. The van der Waals surface area contributed by atoms with Crippen LogP contribution in [0.15, 0.2) is 29.2 Å². The SMILES string of the molecule is CCCCC1CCCC1NC(=O)CCNS(=O)(=O)c1ccccc1Cl. The van der Waals surface area contributed by atoms with Gasteiger partial charge in [0.1, 0.15) is 4.90 Å². The highest BCUT2D eigenvalue weighted by Crippen LogP contribution is 2.29. The van der Waals surface area contributed by atoms with Crippen LogP contribution in [-0.2, 0) is 14.8 Å². The molecule has 2 rings (SSSR count). The summed E-state index contributed by atoms with van der Waals surface area (Å²) in [4.78, 5) is 12.2. The molecule has 0 aromatic heterocycles. The monoisotopic (exact) mass is 386 g/mol. The highest BCUT2D eigenvalue weighted by Gasteiger charge is 2.27. The topological polar surface area (TPSA) is 75.3 Å². The van der Waals surface area contributed by atoms with Gasteiger partial charge in [-0.25, -0.2) is 13.1 Å². The zero-order valence-corrected chi connectivity index (χ0v) is 16.2. The van der Waals surface area contributed by atoms with Crippen molar-refractivity contribution >= 4 is 27.5 Å². The average Bonchev–Trinajstić information content (AvgIpc) is 3.00. The standard InChI is InChI=1S/C18H27ClN2O3S/c1-2-3-7-14-8-6-10-16(14)21-18(22)12-13-20-25(23,24)17-11-5-4-9-15(17)19/h4-5,9,11,14,16,20H,2-3,6-8,10,12-13H2,1H3,(H,21,22). The fraction of sp³-hybridized carbons (Fsp3) is 0.611. The van der Waals surface area contributed by atoms with Gasteiger partial charge in [0.25, 0.3) is 0 Å². The summed E-state index contributed by atoms with van der Waals surface area (Å²) in [6.45, 7) is 2.24. The lowest BCUT2D eigenvalue weighted by Crippen LogP contribution is -2.39. The lowest BCUT2D eigenvalue weighted by Gasteiger charge is -2.21. The Morgan fingerprint density at radius 1 is 1.28 bits per heavy atom. The first-order chi connectivity index (χ1) is 11.9. The van der Waals surface area contributed by atoms with Gasteiger partial charge in [-0.05, 0) is 37.3 Å². The van der Waals surface area contributed by atoms with Gasteiger partial charge in [0.05, 0.1) is 5.02 Å². The number of carbonyl (C=O) groups is 1. The van der Waals surface area contributed by atoms with E-state index in [9.17, 15) is 13.2 Å². The lowest BCUT2D eigenvalue weighted by molar-refractivity contribution is -0.121. The first-order valence-electron chi connectivity index (χ1n) is 8.97. The largest absolute Gasteiger partial charge is 0.353 e. The molecular weight excluding hydrogens is 360 g/mol. The van der Waals surface area contributed by atoms with E-state index in [1.807, 2.05) is 0 Å². The molecule has 1 aromatic carbocycles. The number of carbonyl (C=O) groups excluding carboxylic acids is 1. The summed E-state index contributed by atoms with van der Waals surface area (Å²) >= 11 is 5.92. The predicted octanol–water partition coefficient (Wildman–Crippen LogP) is 3.48. The summed E-state index contributed by atoms with van der Waals surface area (Å²) in [5, 5.41) is 3.25. The molecule has 0 spiro atoms. The minimum Gasteiger partial charge on any atom is -0.353 e. The minimum atomic E-state index is -3.70. The summed E-state index contributed by atoms with van der Waals surface area (Å²) in [6, 6.07) is 6.50. The van der Waals surface area contributed by atoms with Gasteiger partial charge in [-0.3, -0.25) is 4.79 Å². The average molecular weight is 387 g/mol. The van der Waals surface area contributed by atoms with Crippen molar-refractivity contribution in [3.8, 4) is 0 Å². The number of sulfonamides is 1. The highest BCUT2D eigenvalue weighted by molar-refractivity contribution is 7.89. The molecule has 2 unspecified atom stereocenters. The van der Waals surface area contributed by atoms with Crippen LogP contribution >= 0.6 is 11.6 Å². The van der Waals surface area contributed by atoms with Crippen LogP contribution in [0.25, 0.3) is 0 Å². The van der Waals surface area contributed by atoms with E-state index >= 15 is 0 Å². The summed E-state index contributed by atoms with van der Waals surface area (Å²) in [5.74, 6) is 0.457. The number of hydrogen-bond donors (Lipinski definition) is 2. The van der Waals surface area contributed by atoms with Gasteiger partial charge >= 0.3 is 0 Å². The van der Waals surface area contributed by atoms with E-state index in [0.717, 1.165) is 19.3 Å². The number of hydrogen-bond acceptors (Lipinski definition) is 3. The molecule has 140 valence electrons. The molecule has 25 heavy (non-hydrogen) atoms. The molecule has 1 aliphatic rings. The molecule has 2 N–H and O–H groups in total. The minimum absolute atomic E-state index is 0.0347. The summed E-state index contributed by atoms with van der Waals surface area (Å²) < 4.78 is 26.9. The van der Waals surface area contributed by atoms with E-state index in [4.69, 9.17) is 11.6 Å². The third kappa shape index (κ3) is 5.97. The van der Waals surface area contributed by atoms with Crippen molar-refractivity contribution in [2.24, 2.45) is 5.92 Å². The van der Waals surface area contributed by atoms with Gasteiger partial charge in [-0.1, -0.05) is 49.9 Å². The maximum atomic E-state index is 12.2. The van der Waals surface area contributed by atoms with E-state index in [-0.39, 0.29) is 34.8 Å². The molecule has 0 radical (unpaired) electrons. The van der Waals surface area contributed by atoms with Gasteiger partial charge in [-0.15, -0.1) is 0 Å². The van der Waals surface area contributed by atoms with E-state index in [0.29, 0.717) is 5.92 Å². The number of nitrogens with one attached hydrogen (secondary N) is 2. The van der Waals surface area contributed by atoms with Crippen LogP contribution in [0, 0.1) is 5.92 Å². The molecule has 1 aliphatic carbocycles. The summed E-state index contributed by atoms with van der Waals surface area (Å²) in [6.07, 6.45) is 6.98. The maximum Gasteiger partial charge on any atom is 0.242 e. The zero-order valence-electron chi connectivity index (χ0n) is 14.6. The van der Waals surface area contributed by atoms with Crippen LogP contribution in [0.5, 0.6) is 0 Å². The smallest absolute Gasteiger partial charge is 0.242 e. The Bertz CT molecular complexity index is 679. The van der Waals surface area contributed by atoms with Gasteiger partial charge in [0, 0.05) is 19.0 Å². The second kappa shape index (κ2) is 9.55. The van der Waals surface area contributed by atoms with Gasteiger partial charge in [0.2, 0.25) is 15.9 Å². The van der Waals surface area contributed by atoms with Crippen molar-refractivity contribution in [2.45, 2.75) is 62.8 Å². The molecular formula is C18H27ClN2O3S. The van der Waals surface area contributed by atoms with E-state index in [1.165, 1.54) is 31.4 Å². The van der Waals surface area contributed by atoms with Crippen molar-refractivity contribution in [1.29, 1.82) is 0 Å². The molecule has 1 fully saturated rings. The molecule has 1 aromatic rings.